The van der Waals surface area contributed by atoms with Crippen molar-refractivity contribution in [2.45, 2.75) is 46.5 Å². The maximum atomic E-state index is 12.8. The number of thiophene rings is 1. The maximum Gasteiger partial charge on any atom is 0.341 e. The van der Waals surface area contributed by atoms with Crippen molar-refractivity contribution in [3.05, 3.63) is 55.4 Å². The number of anilines is 1. The van der Waals surface area contributed by atoms with E-state index in [-0.39, 0.29) is 29.5 Å². The van der Waals surface area contributed by atoms with Crippen LogP contribution in [0.2, 0.25) is 0 Å². The van der Waals surface area contributed by atoms with Crippen LogP contribution >= 0.6 is 11.3 Å². The summed E-state index contributed by atoms with van der Waals surface area (Å²) in [6, 6.07) is 3.86. The number of carbonyl (C=O) groups is 4. The lowest BCUT2D eigenvalue weighted by atomic mass is 9.72. The summed E-state index contributed by atoms with van der Waals surface area (Å²) in [5, 5.41) is 14.4. The molecule has 0 radical (unpaired) electrons. The van der Waals surface area contributed by atoms with Crippen LogP contribution in [0.3, 0.4) is 0 Å². The van der Waals surface area contributed by atoms with Crippen LogP contribution in [-0.4, -0.2) is 47.2 Å². The minimum absolute atomic E-state index is 0.0538. The van der Waals surface area contributed by atoms with Gasteiger partial charge in [0.25, 0.3) is 17.5 Å². The number of hydrogen-bond donors (Lipinski definition) is 1. The Morgan fingerprint density at radius 1 is 1.25 bits per heavy atom. The Morgan fingerprint density at radius 2 is 1.97 bits per heavy atom. The number of hydrogen-bond acceptors (Lipinski definition) is 8. The van der Waals surface area contributed by atoms with E-state index in [4.69, 9.17) is 4.74 Å². The molecule has 1 aliphatic heterocycles. The molecule has 1 unspecified atom stereocenters. The first-order valence-corrected chi connectivity index (χ1v) is 12.4. The van der Waals surface area contributed by atoms with Gasteiger partial charge in [-0.15, -0.1) is 11.3 Å². The Labute approximate surface area is 211 Å². The fourth-order valence-electron chi connectivity index (χ4n) is 4.80. The van der Waals surface area contributed by atoms with Gasteiger partial charge in [0, 0.05) is 23.9 Å². The van der Waals surface area contributed by atoms with Crippen molar-refractivity contribution in [2.24, 2.45) is 11.3 Å². The quantitative estimate of drug-likeness (QED) is 0.264. The Bertz CT molecular complexity index is 1290. The largest absolute Gasteiger partial charge is 0.465 e. The van der Waals surface area contributed by atoms with Gasteiger partial charge in [0.1, 0.15) is 10.6 Å². The lowest BCUT2D eigenvalue weighted by Gasteiger charge is -2.33. The van der Waals surface area contributed by atoms with Crippen molar-refractivity contribution >= 4 is 45.7 Å². The first kappa shape index (κ1) is 25.5. The molecule has 190 valence electrons. The van der Waals surface area contributed by atoms with E-state index in [9.17, 15) is 29.3 Å². The van der Waals surface area contributed by atoms with E-state index in [1.165, 1.54) is 30.6 Å². The van der Waals surface area contributed by atoms with Gasteiger partial charge in [-0.05, 0) is 42.2 Å². The predicted octanol–water partition coefficient (Wildman–Crippen LogP) is 4.22. The van der Waals surface area contributed by atoms with Gasteiger partial charge in [0.15, 0.2) is 0 Å². The number of esters is 1. The van der Waals surface area contributed by atoms with Gasteiger partial charge in [0.2, 0.25) is 5.91 Å². The van der Waals surface area contributed by atoms with Crippen LogP contribution in [0.15, 0.2) is 18.2 Å². The summed E-state index contributed by atoms with van der Waals surface area (Å²) < 4.78 is 4.98. The Hall–Kier alpha value is -3.60. The summed E-state index contributed by atoms with van der Waals surface area (Å²) >= 11 is 1.35. The average molecular weight is 514 g/mol. The van der Waals surface area contributed by atoms with E-state index in [1.807, 2.05) is 0 Å². The monoisotopic (exact) mass is 513 g/mol. The molecule has 1 aliphatic carbocycles. The number of benzene rings is 1. The molecule has 0 bridgehead atoms. The number of fused-ring (bicyclic) bond motifs is 2. The van der Waals surface area contributed by atoms with Crippen LogP contribution in [0.4, 0.5) is 10.7 Å². The highest BCUT2D eigenvalue weighted by molar-refractivity contribution is 7.17. The van der Waals surface area contributed by atoms with Crippen molar-refractivity contribution in [3.63, 3.8) is 0 Å². The van der Waals surface area contributed by atoms with E-state index in [0.717, 1.165) is 34.2 Å². The Kier molecular flexibility index (Phi) is 6.70. The number of amides is 3. The van der Waals surface area contributed by atoms with Gasteiger partial charge in [-0.25, -0.2) is 4.79 Å². The van der Waals surface area contributed by atoms with Crippen LogP contribution < -0.4 is 5.32 Å². The number of methoxy groups -OCH3 is 1. The lowest BCUT2D eigenvalue weighted by Crippen LogP contribution is -2.33. The van der Waals surface area contributed by atoms with Crippen LogP contribution in [0.25, 0.3) is 0 Å². The number of rotatable bonds is 6. The standard InChI is InChI=1S/C25H27N3O7S/c1-25(2,3)13-8-9-14-17(12-13)36-21(20(14)24(32)35-4)26-18(29)10-11-27-22(30)15-6-5-7-16(28(33)34)19(15)23(27)31/h5-7,13H,8-12H2,1-4H3,(H,26,29). The van der Waals surface area contributed by atoms with Crippen LogP contribution in [0.1, 0.15) is 75.1 Å². The van der Waals surface area contributed by atoms with Crippen molar-refractivity contribution in [2.75, 3.05) is 19.0 Å². The van der Waals surface area contributed by atoms with Crippen LogP contribution in [0.5, 0.6) is 0 Å². The molecule has 0 fully saturated rings. The molecule has 1 N–H and O–H groups in total. The lowest BCUT2D eigenvalue weighted by molar-refractivity contribution is -0.385. The molecule has 0 saturated heterocycles. The molecule has 1 atom stereocenters. The molecule has 0 saturated carbocycles. The number of imide groups is 1. The van der Waals surface area contributed by atoms with Gasteiger partial charge < -0.3 is 10.1 Å². The molecule has 1 aromatic carbocycles. The second-order valence-corrected chi connectivity index (χ2v) is 11.1. The average Bonchev–Trinajstić information content (AvgIpc) is 3.30. The van der Waals surface area contributed by atoms with Gasteiger partial charge in [-0.1, -0.05) is 26.8 Å². The molecule has 36 heavy (non-hydrogen) atoms. The smallest absolute Gasteiger partial charge is 0.341 e. The number of ether oxygens (including phenoxy) is 1. The first-order chi connectivity index (χ1) is 16.9. The summed E-state index contributed by atoms with van der Waals surface area (Å²) in [6.07, 6.45) is 2.21. The summed E-state index contributed by atoms with van der Waals surface area (Å²) in [7, 11) is 1.29. The topological polar surface area (TPSA) is 136 Å². The number of carbonyl (C=O) groups excluding carboxylic acids is 4. The van der Waals surface area contributed by atoms with Gasteiger partial charge in [0.05, 0.1) is 23.2 Å². The zero-order chi connectivity index (χ0) is 26.4. The zero-order valence-corrected chi connectivity index (χ0v) is 21.3. The second kappa shape index (κ2) is 9.45. The minimum atomic E-state index is -0.801. The van der Waals surface area contributed by atoms with E-state index >= 15 is 0 Å². The summed E-state index contributed by atoms with van der Waals surface area (Å²) in [5.74, 6) is -2.05. The molecule has 2 aliphatic rings. The van der Waals surface area contributed by atoms with Gasteiger partial charge in [-0.3, -0.25) is 29.4 Å². The molecular formula is C25H27N3O7S. The Balaban J connectivity index is 1.50. The fourth-order valence-corrected chi connectivity index (χ4v) is 6.14. The highest BCUT2D eigenvalue weighted by Gasteiger charge is 2.41. The number of nitrogens with one attached hydrogen (secondary N) is 1. The number of nitro benzene ring substituents is 1. The van der Waals surface area contributed by atoms with E-state index in [2.05, 4.69) is 26.1 Å². The van der Waals surface area contributed by atoms with Crippen LogP contribution in [-0.2, 0) is 22.4 Å². The fraction of sp³-hybridized carbons (Fsp3) is 0.440. The number of nitro groups is 1. The van der Waals surface area contributed by atoms with Crippen molar-refractivity contribution in [1.29, 1.82) is 0 Å². The number of nitrogens with zero attached hydrogens (tertiary/aromatic N) is 2. The third kappa shape index (κ3) is 4.50. The molecular weight excluding hydrogens is 486 g/mol. The zero-order valence-electron chi connectivity index (χ0n) is 20.5. The highest BCUT2D eigenvalue weighted by Crippen LogP contribution is 2.44. The summed E-state index contributed by atoms with van der Waals surface area (Å²) in [5.41, 5.74) is 0.600. The van der Waals surface area contributed by atoms with E-state index in [0.29, 0.717) is 22.9 Å². The van der Waals surface area contributed by atoms with Crippen molar-refractivity contribution in [1.82, 2.24) is 4.90 Å². The SMILES string of the molecule is COC(=O)c1c(NC(=O)CCN2C(=O)c3cccc([N+](=O)[O-])c3C2=O)sc2c1CCC(C(C)(C)C)C2. The molecule has 2 aromatic rings. The summed E-state index contributed by atoms with van der Waals surface area (Å²) in [6.45, 7) is 6.32. The normalized spacial score (nSPS) is 17.0. The molecule has 2 heterocycles. The Morgan fingerprint density at radius 3 is 2.61 bits per heavy atom. The molecule has 10 nitrogen and oxygen atoms in total. The molecule has 1 aromatic heterocycles. The third-order valence-electron chi connectivity index (χ3n) is 6.87. The molecule has 3 amide bonds. The first-order valence-electron chi connectivity index (χ1n) is 11.6. The van der Waals surface area contributed by atoms with E-state index in [1.54, 1.807) is 0 Å². The highest BCUT2D eigenvalue weighted by atomic mass is 32.1. The molecule has 11 heteroatoms. The minimum Gasteiger partial charge on any atom is -0.465 e. The van der Waals surface area contributed by atoms with Crippen molar-refractivity contribution in [3.8, 4) is 0 Å². The van der Waals surface area contributed by atoms with Crippen molar-refractivity contribution < 1.29 is 28.8 Å². The van der Waals surface area contributed by atoms with Gasteiger partial charge >= 0.3 is 5.97 Å². The third-order valence-corrected chi connectivity index (χ3v) is 8.04. The van der Waals surface area contributed by atoms with E-state index < -0.39 is 34.3 Å². The van der Waals surface area contributed by atoms with Gasteiger partial charge in [-0.2, -0.15) is 0 Å². The predicted molar refractivity (Wildman–Crippen MR) is 132 cm³/mol. The molecule has 4 rings (SSSR count). The summed E-state index contributed by atoms with van der Waals surface area (Å²) in [4.78, 5) is 63.3. The van der Waals surface area contributed by atoms with Crippen LogP contribution in [0, 0.1) is 21.4 Å². The molecule has 0 spiro atoms. The second-order valence-electron chi connectivity index (χ2n) is 10.0. The maximum absolute atomic E-state index is 12.8.